The summed E-state index contributed by atoms with van der Waals surface area (Å²) in [5.74, 6) is -0.753. The van der Waals surface area contributed by atoms with Crippen molar-refractivity contribution in [1.82, 2.24) is 0 Å². The molecule has 0 aromatic heterocycles. The van der Waals surface area contributed by atoms with Crippen molar-refractivity contribution in [1.29, 1.82) is 0 Å². The van der Waals surface area contributed by atoms with Gasteiger partial charge in [-0.05, 0) is 19.1 Å². The lowest BCUT2D eigenvalue weighted by Crippen LogP contribution is -2.25. The van der Waals surface area contributed by atoms with Crippen molar-refractivity contribution in [2.75, 3.05) is 11.4 Å². The van der Waals surface area contributed by atoms with E-state index in [1.807, 2.05) is 35.2 Å². The molecular weight excluding hydrogens is 166 g/mol. The fourth-order valence-corrected chi connectivity index (χ4v) is 1.44. The Kier molecular flexibility index (Phi) is 1.55. The highest BCUT2D eigenvalue weighted by Gasteiger charge is 2.54. The third-order valence-electron chi connectivity index (χ3n) is 2.49. The van der Waals surface area contributed by atoms with Crippen LogP contribution in [0, 0.1) is 0 Å². The Hall–Kier alpha value is -1.51. The Labute approximate surface area is 76.6 Å². The van der Waals surface area contributed by atoms with Crippen molar-refractivity contribution in [3.8, 4) is 0 Å². The molecule has 1 atom stereocenters. The Balaban J connectivity index is 2.21. The van der Waals surface area contributed by atoms with Gasteiger partial charge in [0.15, 0.2) is 5.54 Å². The highest BCUT2D eigenvalue weighted by atomic mass is 16.4. The van der Waals surface area contributed by atoms with Gasteiger partial charge in [0, 0.05) is 5.69 Å². The van der Waals surface area contributed by atoms with Gasteiger partial charge in [-0.1, -0.05) is 18.2 Å². The Morgan fingerprint density at radius 3 is 2.54 bits per heavy atom. The highest BCUT2D eigenvalue weighted by Crippen LogP contribution is 2.37. The number of benzene rings is 1. The van der Waals surface area contributed by atoms with E-state index in [2.05, 4.69) is 0 Å². The number of para-hydroxylation sites is 1. The van der Waals surface area contributed by atoms with E-state index in [9.17, 15) is 4.79 Å². The number of rotatable bonds is 2. The van der Waals surface area contributed by atoms with E-state index in [1.165, 1.54) is 0 Å². The fourth-order valence-electron chi connectivity index (χ4n) is 1.44. The summed E-state index contributed by atoms with van der Waals surface area (Å²) in [5.41, 5.74) is 0.300. The smallest absolute Gasteiger partial charge is 0.331 e. The minimum atomic E-state index is -0.753. The van der Waals surface area contributed by atoms with Crippen molar-refractivity contribution in [3.05, 3.63) is 30.3 Å². The van der Waals surface area contributed by atoms with Crippen molar-refractivity contribution >= 4 is 11.7 Å². The first-order chi connectivity index (χ1) is 6.14. The van der Waals surface area contributed by atoms with Crippen LogP contribution in [0.5, 0.6) is 0 Å². The molecular formula is C10H11NO2. The zero-order valence-corrected chi connectivity index (χ0v) is 7.40. The third kappa shape index (κ3) is 1.16. The molecule has 1 aromatic rings. The summed E-state index contributed by atoms with van der Waals surface area (Å²) in [6.45, 7) is 2.34. The summed E-state index contributed by atoms with van der Waals surface area (Å²) >= 11 is 0. The van der Waals surface area contributed by atoms with E-state index < -0.39 is 11.5 Å². The molecule has 1 aromatic carbocycles. The van der Waals surface area contributed by atoms with Crippen molar-refractivity contribution < 1.29 is 9.90 Å². The van der Waals surface area contributed by atoms with Crippen LogP contribution in [0.1, 0.15) is 6.92 Å². The number of hydrogen-bond donors (Lipinski definition) is 1. The van der Waals surface area contributed by atoms with Crippen LogP contribution in [0.2, 0.25) is 0 Å². The van der Waals surface area contributed by atoms with E-state index in [0.29, 0.717) is 6.54 Å². The normalized spacial score (nSPS) is 25.8. The Morgan fingerprint density at radius 1 is 1.46 bits per heavy atom. The first-order valence-corrected chi connectivity index (χ1v) is 4.21. The second-order valence-electron chi connectivity index (χ2n) is 3.50. The van der Waals surface area contributed by atoms with Gasteiger partial charge < -0.3 is 10.0 Å². The van der Waals surface area contributed by atoms with Crippen LogP contribution in [0.3, 0.4) is 0 Å². The van der Waals surface area contributed by atoms with Gasteiger partial charge in [0.05, 0.1) is 6.54 Å². The van der Waals surface area contributed by atoms with Crippen LogP contribution < -0.4 is 4.90 Å². The number of nitrogens with zero attached hydrogens (tertiary/aromatic N) is 1. The van der Waals surface area contributed by atoms with Gasteiger partial charge in [0.2, 0.25) is 0 Å². The second kappa shape index (κ2) is 2.49. The number of aliphatic carboxylic acids is 1. The molecule has 1 heterocycles. The molecule has 68 valence electrons. The number of carboxylic acid groups (broad SMARTS) is 1. The van der Waals surface area contributed by atoms with E-state index in [-0.39, 0.29) is 0 Å². The monoisotopic (exact) mass is 177 g/mol. The first kappa shape index (κ1) is 8.10. The molecule has 3 heteroatoms. The van der Waals surface area contributed by atoms with Gasteiger partial charge >= 0.3 is 5.97 Å². The standard InChI is InChI=1S/C10H11NO2/c1-10(9(12)13)7-11(10)8-5-3-2-4-6-8/h2-6H,7H2,1H3,(H,12,13). The number of hydrogen-bond acceptors (Lipinski definition) is 2. The average molecular weight is 177 g/mol. The summed E-state index contributed by atoms with van der Waals surface area (Å²) in [6, 6.07) is 9.60. The predicted octanol–water partition coefficient (Wildman–Crippen LogP) is 1.35. The molecule has 1 aliphatic rings. The quantitative estimate of drug-likeness (QED) is 0.693. The van der Waals surface area contributed by atoms with Crippen LogP contribution >= 0.6 is 0 Å². The van der Waals surface area contributed by atoms with Crippen molar-refractivity contribution in [2.24, 2.45) is 0 Å². The number of carboxylic acids is 1. The molecule has 0 saturated carbocycles. The first-order valence-electron chi connectivity index (χ1n) is 4.21. The van der Waals surface area contributed by atoms with Gasteiger partial charge in [-0.15, -0.1) is 0 Å². The van der Waals surface area contributed by atoms with E-state index in [4.69, 9.17) is 5.11 Å². The van der Waals surface area contributed by atoms with Crippen molar-refractivity contribution in [3.63, 3.8) is 0 Å². The molecule has 0 spiro atoms. The van der Waals surface area contributed by atoms with Crippen LogP contribution in [0.25, 0.3) is 0 Å². The van der Waals surface area contributed by atoms with Gasteiger partial charge in [0.1, 0.15) is 0 Å². The molecule has 0 bridgehead atoms. The lowest BCUT2D eigenvalue weighted by Gasteiger charge is -2.08. The maximum absolute atomic E-state index is 10.8. The Morgan fingerprint density at radius 2 is 2.08 bits per heavy atom. The maximum atomic E-state index is 10.8. The molecule has 1 fully saturated rings. The highest BCUT2D eigenvalue weighted by molar-refractivity contribution is 5.90. The molecule has 1 aliphatic heterocycles. The van der Waals surface area contributed by atoms with Gasteiger partial charge in [-0.2, -0.15) is 0 Å². The largest absolute Gasteiger partial charge is 0.479 e. The van der Waals surface area contributed by atoms with E-state index in [0.717, 1.165) is 5.69 Å². The van der Waals surface area contributed by atoms with Crippen LogP contribution in [-0.4, -0.2) is 23.2 Å². The SMILES string of the molecule is CC1(C(=O)O)CN1c1ccccc1. The molecule has 0 aliphatic carbocycles. The topological polar surface area (TPSA) is 40.3 Å². The van der Waals surface area contributed by atoms with E-state index >= 15 is 0 Å². The van der Waals surface area contributed by atoms with Crippen LogP contribution in [0.4, 0.5) is 5.69 Å². The zero-order chi connectivity index (χ0) is 9.47. The summed E-state index contributed by atoms with van der Waals surface area (Å²) in [4.78, 5) is 12.7. The van der Waals surface area contributed by atoms with Gasteiger partial charge in [0.25, 0.3) is 0 Å². The fraction of sp³-hybridized carbons (Fsp3) is 0.300. The van der Waals surface area contributed by atoms with Crippen LogP contribution in [0.15, 0.2) is 30.3 Å². The number of carbonyl (C=O) groups is 1. The molecule has 0 amide bonds. The minimum Gasteiger partial charge on any atom is -0.479 e. The minimum absolute atomic E-state index is 0.604. The maximum Gasteiger partial charge on any atom is 0.331 e. The second-order valence-corrected chi connectivity index (χ2v) is 3.50. The molecule has 0 radical (unpaired) electrons. The summed E-state index contributed by atoms with van der Waals surface area (Å²) < 4.78 is 0. The van der Waals surface area contributed by atoms with E-state index in [1.54, 1.807) is 6.92 Å². The van der Waals surface area contributed by atoms with Gasteiger partial charge in [-0.25, -0.2) is 4.79 Å². The molecule has 13 heavy (non-hydrogen) atoms. The summed E-state index contributed by atoms with van der Waals surface area (Å²) in [5, 5.41) is 8.90. The molecule has 1 N–H and O–H groups in total. The Bertz CT molecular complexity index is 336. The number of anilines is 1. The molecule has 1 unspecified atom stereocenters. The lowest BCUT2D eigenvalue weighted by molar-refractivity contribution is -0.139. The summed E-state index contributed by atoms with van der Waals surface area (Å²) in [7, 11) is 0. The molecule has 2 rings (SSSR count). The lowest BCUT2D eigenvalue weighted by atomic mass is 10.2. The van der Waals surface area contributed by atoms with Crippen molar-refractivity contribution in [2.45, 2.75) is 12.5 Å². The third-order valence-corrected chi connectivity index (χ3v) is 2.49. The zero-order valence-electron chi connectivity index (χ0n) is 7.40. The van der Waals surface area contributed by atoms with Crippen LogP contribution in [-0.2, 0) is 4.79 Å². The molecule has 3 nitrogen and oxygen atoms in total. The average Bonchev–Trinajstić information content (AvgIpc) is 2.81. The van der Waals surface area contributed by atoms with Gasteiger partial charge in [-0.3, -0.25) is 0 Å². The molecule has 1 saturated heterocycles. The summed E-state index contributed by atoms with van der Waals surface area (Å²) in [6.07, 6.45) is 0. The predicted molar refractivity (Wildman–Crippen MR) is 49.8 cm³/mol.